The van der Waals surface area contributed by atoms with Gasteiger partial charge in [-0.15, -0.1) is 0 Å². The van der Waals surface area contributed by atoms with Crippen molar-refractivity contribution in [3.05, 3.63) is 198 Å². The molecular weight excluding hydrogens is 617 g/mol. The van der Waals surface area contributed by atoms with Gasteiger partial charge in [-0.2, -0.15) is 0 Å². The summed E-state index contributed by atoms with van der Waals surface area (Å²) in [6.07, 6.45) is 0. The van der Waals surface area contributed by atoms with Crippen molar-refractivity contribution in [3.63, 3.8) is 0 Å². The Bertz CT molecular complexity index is 2320. The molecule has 1 N–H and O–H groups in total. The van der Waals surface area contributed by atoms with E-state index in [4.69, 9.17) is 0 Å². The van der Waals surface area contributed by atoms with Crippen LogP contribution in [0.1, 0.15) is 55.5 Å². The predicted molar refractivity (Wildman–Crippen MR) is 217 cm³/mol. The molecule has 7 aromatic rings. The van der Waals surface area contributed by atoms with E-state index in [-0.39, 0.29) is 10.8 Å². The van der Waals surface area contributed by atoms with Crippen LogP contribution in [0.2, 0.25) is 0 Å². The van der Waals surface area contributed by atoms with Gasteiger partial charge in [-0.1, -0.05) is 149 Å². The number of rotatable bonds is 7. The Balaban J connectivity index is 1.38. The Morgan fingerprint density at radius 1 is 0.490 bits per heavy atom. The lowest BCUT2D eigenvalue weighted by Crippen LogP contribution is -2.32. The fourth-order valence-corrected chi connectivity index (χ4v) is 7.99. The minimum atomic E-state index is -0.342. The van der Waals surface area contributed by atoms with Crippen molar-refractivity contribution < 1.29 is 0 Å². The molecule has 8 rings (SSSR count). The molecule has 0 aromatic heterocycles. The number of hydrogen-bond donors (Lipinski definition) is 1. The maximum Gasteiger partial charge on any atom is 0.0507 e. The third kappa shape index (κ3) is 5.81. The maximum atomic E-state index is 3.90. The predicted octanol–water partition coefficient (Wildman–Crippen LogP) is 13.5. The second-order valence-electron chi connectivity index (χ2n) is 14.8. The molecule has 250 valence electrons. The van der Waals surface area contributed by atoms with Crippen molar-refractivity contribution in [1.29, 1.82) is 0 Å². The normalized spacial score (nSPS) is 13.3. The third-order valence-electron chi connectivity index (χ3n) is 10.8. The summed E-state index contributed by atoms with van der Waals surface area (Å²) < 4.78 is 0. The zero-order chi connectivity index (χ0) is 35.2. The topological polar surface area (TPSA) is 15.3 Å². The molecule has 1 aliphatic heterocycles. The van der Waals surface area contributed by atoms with Crippen LogP contribution in [0.15, 0.2) is 170 Å². The molecule has 1 heterocycles. The molecule has 0 saturated heterocycles. The van der Waals surface area contributed by atoms with Crippen LogP contribution in [0.3, 0.4) is 0 Å². The molecule has 0 unspecified atom stereocenters. The molecule has 2 heteroatoms. The SMILES string of the molecule is Cc1ccc(-c2ccccc2)cc1C(C)(C)c1cc2c(cc1Nc1ccccc1)C(C)(C)c1cc(-c3ccccc3)ccc1N2c1ccccc1. The molecule has 0 bridgehead atoms. The number of para-hydroxylation sites is 2. The summed E-state index contributed by atoms with van der Waals surface area (Å²) in [7, 11) is 0. The van der Waals surface area contributed by atoms with Crippen LogP contribution >= 0.6 is 0 Å². The Morgan fingerprint density at radius 3 is 1.65 bits per heavy atom. The second-order valence-corrected chi connectivity index (χ2v) is 14.8. The summed E-state index contributed by atoms with van der Waals surface area (Å²) in [6, 6.07) is 61.7. The van der Waals surface area contributed by atoms with E-state index in [2.05, 4.69) is 215 Å². The summed E-state index contributed by atoms with van der Waals surface area (Å²) in [5.41, 5.74) is 16.5. The van der Waals surface area contributed by atoms with E-state index in [1.54, 1.807) is 0 Å². The molecule has 51 heavy (non-hydrogen) atoms. The van der Waals surface area contributed by atoms with Crippen molar-refractivity contribution in [3.8, 4) is 22.3 Å². The summed E-state index contributed by atoms with van der Waals surface area (Å²) in [5, 5.41) is 3.90. The molecule has 0 radical (unpaired) electrons. The molecule has 0 aliphatic carbocycles. The maximum absolute atomic E-state index is 3.90. The van der Waals surface area contributed by atoms with Gasteiger partial charge in [0.05, 0.1) is 11.4 Å². The summed E-state index contributed by atoms with van der Waals surface area (Å²) >= 11 is 0. The Kier molecular flexibility index (Phi) is 8.11. The van der Waals surface area contributed by atoms with Crippen molar-refractivity contribution >= 4 is 28.4 Å². The van der Waals surface area contributed by atoms with Crippen molar-refractivity contribution in [2.24, 2.45) is 0 Å². The van der Waals surface area contributed by atoms with Crippen LogP contribution in [-0.4, -0.2) is 0 Å². The van der Waals surface area contributed by atoms with E-state index >= 15 is 0 Å². The van der Waals surface area contributed by atoms with E-state index in [0.717, 1.165) is 17.1 Å². The lowest BCUT2D eigenvalue weighted by molar-refractivity contribution is 0.620. The molecule has 0 fully saturated rings. The monoisotopic (exact) mass is 660 g/mol. The molecule has 0 atom stereocenters. The summed E-state index contributed by atoms with van der Waals surface area (Å²) in [5.74, 6) is 0. The van der Waals surface area contributed by atoms with Gasteiger partial charge in [-0.3, -0.25) is 0 Å². The Labute approximate surface area is 303 Å². The average molecular weight is 661 g/mol. The molecule has 0 amide bonds. The largest absolute Gasteiger partial charge is 0.355 e. The van der Waals surface area contributed by atoms with Crippen LogP contribution in [0.4, 0.5) is 28.4 Å². The van der Waals surface area contributed by atoms with Crippen LogP contribution < -0.4 is 10.2 Å². The van der Waals surface area contributed by atoms with E-state index in [9.17, 15) is 0 Å². The summed E-state index contributed by atoms with van der Waals surface area (Å²) in [4.78, 5) is 2.48. The highest BCUT2D eigenvalue weighted by Crippen LogP contribution is 2.55. The van der Waals surface area contributed by atoms with Crippen LogP contribution in [-0.2, 0) is 10.8 Å². The van der Waals surface area contributed by atoms with Gasteiger partial charge < -0.3 is 10.2 Å². The number of fused-ring (bicyclic) bond motifs is 2. The highest BCUT2D eigenvalue weighted by Gasteiger charge is 2.40. The fraction of sp³-hybridized carbons (Fsp3) is 0.143. The minimum Gasteiger partial charge on any atom is -0.355 e. The Morgan fingerprint density at radius 2 is 1.02 bits per heavy atom. The summed E-state index contributed by atoms with van der Waals surface area (Å²) in [6.45, 7) is 11.8. The molecular formula is C49H44N2. The molecule has 1 aliphatic rings. The Hall–Kier alpha value is -5.86. The zero-order valence-electron chi connectivity index (χ0n) is 30.1. The van der Waals surface area contributed by atoms with Gasteiger partial charge in [-0.25, -0.2) is 0 Å². The highest BCUT2D eigenvalue weighted by atomic mass is 15.2. The van der Waals surface area contributed by atoms with Gasteiger partial charge in [0, 0.05) is 27.9 Å². The van der Waals surface area contributed by atoms with Crippen LogP contribution in [0.25, 0.3) is 22.3 Å². The molecule has 2 nitrogen and oxygen atoms in total. The smallest absolute Gasteiger partial charge is 0.0507 e. The third-order valence-corrected chi connectivity index (χ3v) is 10.8. The fourth-order valence-electron chi connectivity index (χ4n) is 7.99. The minimum absolute atomic E-state index is 0.278. The van der Waals surface area contributed by atoms with E-state index in [1.165, 1.54) is 61.4 Å². The molecule has 0 spiro atoms. The number of aryl methyl sites for hydroxylation is 1. The van der Waals surface area contributed by atoms with Gasteiger partial charge in [-0.05, 0) is 106 Å². The second kappa shape index (κ2) is 12.8. The first-order chi connectivity index (χ1) is 24.7. The number of nitrogens with zero attached hydrogens (tertiary/aromatic N) is 1. The first-order valence-electron chi connectivity index (χ1n) is 17.9. The van der Waals surface area contributed by atoms with Gasteiger partial charge in [0.2, 0.25) is 0 Å². The van der Waals surface area contributed by atoms with Gasteiger partial charge >= 0.3 is 0 Å². The number of benzene rings is 7. The highest BCUT2D eigenvalue weighted by molar-refractivity contribution is 5.90. The first kappa shape index (κ1) is 32.4. The first-order valence-corrected chi connectivity index (χ1v) is 17.9. The van der Waals surface area contributed by atoms with E-state index in [0.29, 0.717) is 0 Å². The number of hydrogen-bond acceptors (Lipinski definition) is 2. The molecule has 0 saturated carbocycles. The van der Waals surface area contributed by atoms with Crippen LogP contribution in [0, 0.1) is 6.92 Å². The van der Waals surface area contributed by atoms with Crippen molar-refractivity contribution in [2.75, 3.05) is 10.2 Å². The quantitative estimate of drug-likeness (QED) is 0.183. The lowest BCUT2D eigenvalue weighted by atomic mass is 9.69. The van der Waals surface area contributed by atoms with Gasteiger partial charge in [0.1, 0.15) is 0 Å². The van der Waals surface area contributed by atoms with E-state index in [1.807, 2.05) is 0 Å². The van der Waals surface area contributed by atoms with E-state index < -0.39 is 0 Å². The lowest BCUT2D eigenvalue weighted by Gasteiger charge is -2.44. The number of nitrogens with one attached hydrogen (secondary N) is 1. The average Bonchev–Trinajstić information content (AvgIpc) is 3.16. The van der Waals surface area contributed by atoms with Crippen molar-refractivity contribution in [1.82, 2.24) is 0 Å². The van der Waals surface area contributed by atoms with Gasteiger partial charge in [0.15, 0.2) is 0 Å². The standard InChI is InChI=1S/C49H44N2/c1-34-26-27-37(35-18-10-6-11-19-35)30-41(34)48(2,3)42-33-47-44(32-45(42)50-39-22-14-8-15-23-39)49(4,5)43-31-38(36-20-12-7-13-21-36)28-29-46(43)51(47)40-24-16-9-17-25-40/h6-33,50H,1-5H3. The zero-order valence-corrected chi connectivity index (χ0v) is 30.1. The van der Waals surface area contributed by atoms with Crippen LogP contribution in [0.5, 0.6) is 0 Å². The van der Waals surface area contributed by atoms with Crippen molar-refractivity contribution in [2.45, 2.75) is 45.4 Å². The van der Waals surface area contributed by atoms with Gasteiger partial charge in [0.25, 0.3) is 0 Å². The molecule has 7 aromatic carbocycles. The number of anilines is 5.